The standard InChI is InChI=1S/C12H14FN3/c1-3-14-12-7-11(15-16-12)9-5-4-8(2)10(13)6-9/h4-7H,3H2,1-2H3,(H2,14,15,16). The summed E-state index contributed by atoms with van der Waals surface area (Å²) in [6.07, 6.45) is 0. The van der Waals surface area contributed by atoms with Crippen molar-refractivity contribution in [2.24, 2.45) is 0 Å². The number of rotatable bonds is 3. The molecule has 3 nitrogen and oxygen atoms in total. The van der Waals surface area contributed by atoms with Crippen LogP contribution >= 0.6 is 0 Å². The van der Waals surface area contributed by atoms with Gasteiger partial charge in [0.15, 0.2) is 0 Å². The van der Waals surface area contributed by atoms with Crippen LogP contribution in [0.2, 0.25) is 0 Å². The van der Waals surface area contributed by atoms with Crippen molar-refractivity contribution >= 4 is 5.82 Å². The number of nitrogens with zero attached hydrogens (tertiary/aromatic N) is 1. The zero-order valence-electron chi connectivity index (χ0n) is 9.34. The van der Waals surface area contributed by atoms with Gasteiger partial charge >= 0.3 is 0 Å². The van der Waals surface area contributed by atoms with Crippen molar-refractivity contribution in [2.75, 3.05) is 11.9 Å². The summed E-state index contributed by atoms with van der Waals surface area (Å²) >= 11 is 0. The molecule has 0 spiro atoms. The Morgan fingerprint density at radius 3 is 2.88 bits per heavy atom. The van der Waals surface area contributed by atoms with Gasteiger partial charge in [0, 0.05) is 18.2 Å². The summed E-state index contributed by atoms with van der Waals surface area (Å²) in [6.45, 7) is 4.56. The second kappa shape index (κ2) is 4.35. The Morgan fingerprint density at radius 2 is 2.19 bits per heavy atom. The minimum atomic E-state index is -0.197. The molecule has 0 bridgehead atoms. The van der Waals surface area contributed by atoms with Gasteiger partial charge in [0.05, 0.1) is 5.69 Å². The first-order valence-electron chi connectivity index (χ1n) is 5.26. The van der Waals surface area contributed by atoms with Crippen molar-refractivity contribution in [1.82, 2.24) is 10.2 Å². The predicted molar refractivity (Wildman–Crippen MR) is 62.9 cm³/mol. The van der Waals surface area contributed by atoms with Gasteiger partial charge in [-0.2, -0.15) is 5.10 Å². The highest BCUT2D eigenvalue weighted by Gasteiger charge is 2.05. The molecule has 2 rings (SSSR count). The average molecular weight is 219 g/mol. The third-order valence-electron chi connectivity index (χ3n) is 2.42. The predicted octanol–water partition coefficient (Wildman–Crippen LogP) is 2.96. The van der Waals surface area contributed by atoms with Gasteiger partial charge in [-0.3, -0.25) is 5.10 Å². The van der Waals surface area contributed by atoms with E-state index < -0.39 is 0 Å². The van der Waals surface area contributed by atoms with Crippen LogP contribution < -0.4 is 5.32 Å². The molecule has 0 unspecified atom stereocenters. The minimum absolute atomic E-state index is 0.197. The fraction of sp³-hybridized carbons (Fsp3) is 0.250. The molecule has 0 fully saturated rings. The molecule has 16 heavy (non-hydrogen) atoms. The largest absolute Gasteiger partial charge is 0.369 e. The number of halogens is 1. The summed E-state index contributed by atoms with van der Waals surface area (Å²) in [7, 11) is 0. The third kappa shape index (κ3) is 2.05. The molecule has 4 heteroatoms. The normalized spacial score (nSPS) is 10.4. The molecular weight excluding hydrogens is 205 g/mol. The maximum Gasteiger partial charge on any atom is 0.148 e. The van der Waals surface area contributed by atoms with E-state index in [-0.39, 0.29) is 5.82 Å². The first-order chi connectivity index (χ1) is 7.70. The average Bonchev–Trinajstić information content (AvgIpc) is 2.71. The summed E-state index contributed by atoms with van der Waals surface area (Å²) in [4.78, 5) is 0. The van der Waals surface area contributed by atoms with Crippen molar-refractivity contribution in [1.29, 1.82) is 0 Å². The maximum atomic E-state index is 13.4. The van der Waals surface area contributed by atoms with Crippen molar-refractivity contribution in [3.63, 3.8) is 0 Å². The van der Waals surface area contributed by atoms with E-state index in [4.69, 9.17) is 0 Å². The lowest BCUT2D eigenvalue weighted by atomic mass is 10.1. The molecule has 1 aromatic heterocycles. The quantitative estimate of drug-likeness (QED) is 0.833. The van der Waals surface area contributed by atoms with Crippen LogP contribution in [0.3, 0.4) is 0 Å². The van der Waals surface area contributed by atoms with Crippen molar-refractivity contribution in [2.45, 2.75) is 13.8 Å². The lowest BCUT2D eigenvalue weighted by Crippen LogP contribution is -1.95. The lowest BCUT2D eigenvalue weighted by Gasteiger charge is -1.99. The van der Waals surface area contributed by atoms with Crippen LogP contribution in [0.4, 0.5) is 10.2 Å². The molecular formula is C12H14FN3. The van der Waals surface area contributed by atoms with E-state index >= 15 is 0 Å². The van der Waals surface area contributed by atoms with E-state index in [0.717, 1.165) is 23.6 Å². The molecule has 84 valence electrons. The van der Waals surface area contributed by atoms with E-state index in [1.54, 1.807) is 13.0 Å². The summed E-state index contributed by atoms with van der Waals surface area (Å²) in [5, 5.41) is 10.0. The minimum Gasteiger partial charge on any atom is -0.369 e. The van der Waals surface area contributed by atoms with Gasteiger partial charge in [0.25, 0.3) is 0 Å². The Labute approximate surface area is 93.7 Å². The number of aryl methyl sites for hydroxylation is 1. The van der Waals surface area contributed by atoms with Gasteiger partial charge in [-0.25, -0.2) is 4.39 Å². The zero-order valence-corrected chi connectivity index (χ0v) is 9.34. The molecule has 1 heterocycles. The Hall–Kier alpha value is -1.84. The molecule has 1 aromatic carbocycles. The fourth-order valence-electron chi connectivity index (χ4n) is 1.50. The summed E-state index contributed by atoms with van der Waals surface area (Å²) in [5.74, 6) is 0.579. The summed E-state index contributed by atoms with van der Waals surface area (Å²) in [6, 6.07) is 7.02. The Kier molecular flexibility index (Phi) is 2.90. The topological polar surface area (TPSA) is 40.7 Å². The second-order valence-corrected chi connectivity index (χ2v) is 3.66. The van der Waals surface area contributed by atoms with Gasteiger partial charge in [-0.15, -0.1) is 0 Å². The van der Waals surface area contributed by atoms with Crippen LogP contribution in [0, 0.1) is 12.7 Å². The van der Waals surface area contributed by atoms with Crippen LogP contribution in [-0.2, 0) is 0 Å². The number of nitrogens with one attached hydrogen (secondary N) is 2. The van der Waals surface area contributed by atoms with Gasteiger partial charge in [0.2, 0.25) is 0 Å². The number of hydrogen-bond acceptors (Lipinski definition) is 2. The Balaban J connectivity index is 2.31. The van der Waals surface area contributed by atoms with Crippen molar-refractivity contribution in [3.8, 4) is 11.3 Å². The van der Waals surface area contributed by atoms with E-state index in [1.807, 2.05) is 19.1 Å². The molecule has 2 aromatic rings. The van der Waals surface area contributed by atoms with Crippen LogP contribution in [0.5, 0.6) is 0 Å². The van der Waals surface area contributed by atoms with Gasteiger partial charge in [-0.05, 0) is 25.5 Å². The molecule has 0 saturated heterocycles. The molecule has 2 N–H and O–H groups in total. The molecule has 0 radical (unpaired) electrons. The van der Waals surface area contributed by atoms with Crippen LogP contribution in [0.25, 0.3) is 11.3 Å². The Morgan fingerprint density at radius 1 is 1.38 bits per heavy atom. The smallest absolute Gasteiger partial charge is 0.148 e. The van der Waals surface area contributed by atoms with Crippen LogP contribution in [-0.4, -0.2) is 16.7 Å². The lowest BCUT2D eigenvalue weighted by molar-refractivity contribution is 0.619. The number of aromatic amines is 1. The first kappa shape index (κ1) is 10.7. The van der Waals surface area contributed by atoms with Gasteiger partial charge in [-0.1, -0.05) is 12.1 Å². The van der Waals surface area contributed by atoms with E-state index in [2.05, 4.69) is 15.5 Å². The van der Waals surface area contributed by atoms with Crippen molar-refractivity contribution in [3.05, 3.63) is 35.6 Å². The number of aromatic nitrogens is 2. The monoisotopic (exact) mass is 219 g/mol. The fourth-order valence-corrected chi connectivity index (χ4v) is 1.50. The van der Waals surface area contributed by atoms with E-state index in [0.29, 0.717) is 5.56 Å². The molecule has 0 aliphatic carbocycles. The summed E-state index contributed by atoms with van der Waals surface area (Å²) < 4.78 is 13.4. The highest BCUT2D eigenvalue weighted by molar-refractivity contribution is 5.63. The number of hydrogen-bond donors (Lipinski definition) is 2. The first-order valence-corrected chi connectivity index (χ1v) is 5.26. The molecule has 0 amide bonds. The van der Waals surface area contributed by atoms with Crippen molar-refractivity contribution < 1.29 is 4.39 Å². The summed E-state index contributed by atoms with van der Waals surface area (Å²) in [5.41, 5.74) is 2.27. The zero-order chi connectivity index (χ0) is 11.5. The van der Waals surface area contributed by atoms with E-state index in [9.17, 15) is 4.39 Å². The Bertz CT molecular complexity index is 491. The van der Waals surface area contributed by atoms with Gasteiger partial charge < -0.3 is 5.32 Å². The second-order valence-electron chi connectivity index (χ2n) is 3.66. The van der Waals surface area contributed by atoms with Gasteiger partial charge in [0.1, 0.15) is 11.6 Å². The highest BCUT2D eigenvalue weighted by Crippen LogP contribution is 2.21. The SMILES string of the molecule is CCNc1cc(-c2ccc(C)c(F)c2)[nH]n1. The maximum absolute atomic E-state index is 13.4. The number of benzene rings is 1. The third-order valence-corrected chi connectivity index (χ3v) is 2.42. The molecule has 0 aliphatic rings. The number of anilines is 1. The molecule has 0 aliphatic heterocycles. The molecule has 0 saturated carbocycles. The van der Waals surface area contributed by atoms with E-state index in [1.165, 1.54) is 6.07 Å². The number of H-pyrrole nitrogens is 1. The van der Waals surface area contributed by atoms with Crippen LogP contribution in [0.1, 0.15) is 12.5 Å². The highest BCUT2D eigenvalue weighted by atomic mass is 19.1. The van der Waals surface area contributed by atoms with Crippen LogP contribution in [0.15, 0.2) is 24.3 Å². The molecule has 0 atom stereocenters.